The number of hydrogen-bond donors (Lipinski definition) is 5. The van der Waals surface area contributed by atoms with E-state index in [4.69, 9.17) is 4.74 Å². The molecule has 1 fully saturated rings. The fraction of sp³-hybridized carbons (Fsp3) is 0.297. The summed E-state index contributed by atoms with van der Waals surface area (Å²) in [5.41, 5.74) is 5.26. The number of nitrogens with one attached hydrogen (secondary N) is 3. The lowest BCUT2D eigenvalue weighted by atomic mass is 9.91. The predicted octanol–water partition coefficient (Wildman–Crippen LogP) is 4.22. The lowest BCUT2D eigenvalue weighted by molar-refractivity contribution is -0.137. The van der Waals surface area contributed by atoms with Gasteiger partial charge in [0.1, 0.15) is 17.7 Å². The number of aromatic nitrogens is 2. The van der Waals surface area contributed by atoms with E-state index < -0.39 is 46.5 Å². The third kappa shape index (κ3) is 7.69. The van der Waals surface area contributed by atoms with Gasteiger partial charge < -0.3 is 30.2 Å². The van der Waals surface area contributed by atoms with Gasteiger partial charge in [-0.3, -0.25) is 4.79 Å². The zero-order chi connectivity index (χ0) is 34.5. The number of carbonyl (C=O) groups is 1. The van der Waals surface area contributed by atoms with Crippen molar-refractivity contribution in [3.05, 3.63) is 132 Å². The number of benzene rings is 4. The number of imidazole rings is 1. The van der Waals surface area contributed by atoms with Crippen LogP contribution in [0.1, 0.15) is 54.3 Å². The molecule has 2 heterocycles. The van der Waals surface area contributed by atoms with Gasteiger partial charge in [-0.05, 0) is 48.2 Å². The van der Waals surface area contributed by atoms with E-state index in [1.54, 1.807) is 48.7 Å². The SMILES string of the molecule is CCNC(=O)[C@H]1O[C@@H](n2cnc3c(NCC(c4ccccc4)c4ccccc4)cc(C(C)NS(=O)(=O)Cc4ccccc4)cc32)[C@H](O)[C@@H]1O. The molecule has 49 heavy (non-hydrogen) atoms. The molecule has 5 aromatic rings. The first-order chi connectivity index (χ1) is 23.6. The smallest absolute Gasteiger partial charge is 0.252 e. The maximum absolute atomic E-state index is 13.3. The molecule has 1 aromatic heterocycles. The normalized spacial score (nSPS) is 20.0. The zero-order valence-corrected chi connectivity index (χ0v) is 28.1. The van der Waals surface area contributed by atoms with Crippen LogP contribution in [0.25, 0.3) is 11.0 Å². The van der Waals surface area contributed by atoms with E-state index in [0.717, 1.165) is 11.1 Å². The first-order valence-corrected chi connectivity index (χ1v) is 18.0. The molecule has 0 spiro atoms. The highest BCUT2D eigenvalue weighted by molar-refractivity contribution is 7.88. The van der Waals surface area contributed by atoms with Gasteiger partial charge in [0, 0.05) is 25.0 Å². The number of carbonyl (C=O) groups excluding carboxylic acids is 1. The highest BCUT2D eigenvalue weighted by atomic mass is 32.2. The Labute approximate surface area is 286 Å². The fourth-order valence-corrected chi connectivity index (χ4v) is 7.70. The van der Waals surface area contributed by atoms with Crippen LogP contribution in [0.15, 0.2) is 109 Å². The van der Waals surface area contributed by atoms with Crippen LogP contribution in [-0.4, -0.2) is 65.5 Å². The highest BCUT2D eigenvalue weighted by Crippen LogP contribution is 2.36. The standard InChI is InChI=1S/C37H41N5O6S/c1-3-38-36(45)35-33(43)34(44)37(48-35)42-23-40-32-30(39-21-29(26-15-9-5-10-16-26)27-17-11-6-12-18-27)19-28(20-31(32)42)24(2)41-49(46,47)22-25-13-7-4-8-14-25/h4-20,23-24,29,33-35,37,39,41,43-44H,3,21-22H2,1-2H3,(H,38,45)/t24?,33-,34+,35-,37+/m0/s1. The van der Waals surface area contributed by atoms with Gasteiger partial charge in [-0.25, -0.2) is 18.1 Å². The van der Waals surface area contributed by atoms with Crippen molar-refractivity contribution in [3.8, 4) is 0 Å². The summed E-state index contributed by atoms with van der Waals surface area (Å²) in [7, 11) is -3.73. The maximum atomic E-state index is 13.3. The Bertz CT molecular complexity index is 1930. The summed E-state index contributed by atoms with van der Waals surface area (Å²) in [4.78, 5) is 17.3. The van der Waals surface area contributed by atoms with Gasteiger partial charge in [-0.15, -0.1) is 0 Å². The molecule has 0 bridgehead atoms. The molecule has 11 nitrogen and oxygen atoms in total. The third-order valence-corrected chi connectivity index (χ3v) is 10.2. The number of sulfonamides is 1. The van der Waals surface area contributed by atoms with Gasteiger partial charge in [-0.2, -0.15) is 0 Å². The number of rotatable bonds is 13. The number of fused-ring (bicyclic) bond motifs is 1. The van der Waals surface area contributed by atoms with Crippen molar-refractivity contribution in [1.29, 1.82) is 0 Å². The molecule has 1 aliphatic heterocycles. The second-order valence-corrected chi connectivity index (χ2v) is 14.0. The molecule has 1 amide bonds. The zero-order valence-electron chi connectivity index (χ0n) is 27.3. The molecule has 0 saturated carbocycles. The lowest BCUT2D eigenvalue weighted by Gasteiger charge is -2.22. The van der Waals surface area contributed by atoms with E-state index in [9.17, 15) is 23.4 Å². The molecule has 12 heteroatoms. The van der Waals surface area contributed by atoms with E-state index in [1.165, 1.54) is 6.33 Å². The second-order valence-electron chi connectivity index (χ2n) is 12.3. The summed E-state index contributed by atoms with van der Waals surface area (Å²) in [6, 6.07) is 32.3. The number of aliphatic hydroxyl groups is 2. The van der Waals surface area contributed by atoms with Crippen LogP contribution in [0, 0.1) is 0 Å². The molecule has 256 valence electrons. The van der Waals surface area contributed by atoms with Gasteiger partial charge in [0.25, 0.3) is 5.91 Å². The largest absolute Gasteiger partial charge is 0.387 e. The van der Waals surface area contributed by atoms with E-state index >= 15 is 0 Å². The van der Waals surface area contributed by atoms with Crippen LogP contribution in [0.5, 0.6) is 0 Å². The van der Waals surface area contributed by atoms with Gasteiger partial charge in [0.15, 0.2) is 12.3 Å². The number of aliphatic hydroxyl groups excluding tert-OH is 2. The monoisotopic (exact) mass is 683 g/mol. The van der Waals surface area contributed by atoms with Gasteiger partial charge in [-0.1, -0.05) is 91.0 Å². The van der Waals surface area contributed by atoms with Crippen molar-refractivity contribution in [2.45, 2.75) is 56.1 Å². The van der Waals surface area contributed by atoms with Crippen molar-refractivity contribution >= 4 is 32.7 Å². The Balaban J connectivity index is 1.37. The van der Waals surface area contributed by atoms with E-state index in [0.29, 0.717) is 40.9 Å². The van der Waals surface area contributed by atoms with E-state index in [2.05, 4.69) is 44.6 Å². The molecule has 1 saturated heterocycles. The second kappa shape index (κ2) is 14.9. The van der Waals surface area contributed by atoms with Crippen LogP contribution < -0.4 is 15.4 Å². The summed E-state index contributed by atoms with van der Waals surface area (Å²) in [5.74, 6) is -0.725. The lowest BCUT2D eigenvalue weighted by Crippen LogP contribution is -2.42. The van der Waals surface area contributed by atoms with Crippen LogP contribution in [0.3, 0.4) is 0 Å². The van der Waals surface area contributed by atoms with Crippen LogP contribution in [0.4, 0.5) is 5.69 Å². The maximum Gasteiger partial charge on any atom is 0.252 e. The molecule has 6 rings (SSSR count). The number of likely N-dealkylation sites (N-methyl/N-ethyl adjacent to an activating group) is 1. The first-order valence-electron chi connectivity index (χ1n) is 16.3. The minimum absolute atomic E-state index is 0.0158. The first kappa shape index (κ1) is 34.3. The Morgan fingerprint density at radius 1 is 0.898 bits per heavy atom. The van der Waals surface area contributed by atoms with Crippen molar-refractivity contribution < 1.29 is 28.2 Å². The summed E-state index contributed by atoms with van der Waals surface area (Å²) >= 11 is 0. The summed E-state index contributed by atoms with van der Waals surface area (Å²) in [6.07, 6.45) is -3.79. The average molecular weight is 684 g/mol. The Morgan fingerprint density at radius 3 is 2.12 bits per heavy atom. The fourth-order valence-electron chi connectivity index (χ4n) is 6.31. The minimum Gasteiger partial charge on any atom is -0.387 e. The summed E-state index contributed by atoms with van der Waals surface area (Å²) in [5, 5.41) is 28.0. The van der Waals surface area contributed by atoms with Gasteiger partial charge in [0.05, 0.1) is 23.3 Å². The minimum atomic E-state index is -3.73. The number of nitrogens with zero attached hydrogens (tertiary/aromatic N) is 2. The topological polar surface area (TPSA) is 155 Å². The molecule has 5 N–H and O–H groups in total. The van der Waals surface area contributed by atoms with Crippen molar-refractivity contribution in [3.63, 3.8) is 0 Å². The predicted molar refractivity (Wildman–Crippen MR) is 188 cm³/mol. The highest BCUT2D eigenvalue weighted by Gasteiger charge is 2.47. The van der Waals surface area contributed by atoms with Crippen molar-refractivity contribution in [1.82, 2.24) is 19.6 Å². The van der Waals surface area contributed by atoms with Crippen LogP contribution in [-0.2, 0) is 25.3 Å². The van der Waals surface area contributed by atoms with Gasteiger partial charge in [0.2, 0.25) is 10.0 Å². The van der Waals surface area contributed by atoms with Crippen LogP contribution in [0.2, 0.25) is 0 Å². The van der Waals surface area contributed by atoms with E-state index in [-0.39, 0.29) is 11.7 Å². The third-order valence-electron chi connectivity index (χ3n) is 8.78. The molecule has 0 aliphatic carbocycles. The van der Waals surface area contributed by atoms with Gasteiger partial charge >= 0.3 is 0 Å². The molecule has 4 aromatic carbocycles. The summed E-state index contributed by atoms with van der Waals surface area (Å²) in [6.45, 7) is 4.35. The van der Waals surface area contributed by atoms with E-state index in [1.807, 2.05) is 48.5 Å². The van der Waals surface area contributed by atoms with Crippen molar-refractivity contribution in [2.24, 2.45) is 0 Å². The molecule has 0 radical (unpaired) electrons. The van der Waals surface area contributed by atoms with Crippen molar-refractivity contribution in [2.75, 3.05) is 18.4 Å². The number of amides is 1. The number of hydrogen-bond acceptors (Lipinski definition) is 8. The summed E-state index contributed by atoms with van der Waals surface area (Å²) < 4.78 is 36.8. The number of ether oxygens (including phenoxy) is 1. The molecular weight excluding hydrogens is 643 g/mol. The Hall–Kier alpha value is -4.59. The Morgan fingerprint density at radius 2 is 1.51 bits per heavy atom. The average Bonchev–Trinajstić information content (AvgIpc) is 3.66. The molecule has 5 atom stereocenters. The molecule has 1 aliphatic rings. The Kier molecular flexibility index (Phi) is 10.4. The molecular formula is C37H41N5O6S. The van der Waals surface area contributed by atoms with Crippen LogP contribution >= 0.6 is 0 Å². The number of anilines is 1. The quantitative estimate of drug-likeness (QED) is 0.124. The molecule has 1 unspecified atom stereocenters.